The average molecular weight is 390 g/mol. The first-order chi connectivity index (χ1) is 8.58. The molecule has 0 atom stereocenters. The molecule has 2 rings (SSSR count). The molecular formula is C12H10Br2N2OS. The lowest BCUT2D eigenvalue weighted by Gasteiger charge is -2.06. The minimum absolute atomic E-state index is 0.101. The molecule has 0 aliphatic heterocycles. The van der Waals surface area contributed by atoms with Crippen molar-refractivity contribution < 1.29 is 4.79 Å². The van der Waals surface area contributed by atoms with Gasteiger partial charge in [-0.2, -0.15) is 0 Å². The van der Waals surface area contributed by atoms with E-state index in [1.807, 2.05) is 19.1 Å². The first-order valence-electron chi connectivity index (χ1n) is 5.20. The van der Waals surface area contributed by atoms with E-state index in [-0.39, 0.29) is 5.91 Å². The van der Waals surface area contributed by atoms with Gasteiger partial charge in [-0.15, -0.1) is 11.3 Å². The molecule has 0 saturated carbocycles. The number of carbonyl (C=O) groups is 1. The number of carbonyl (C=O) groups excluding carboxylic acids is 1. The van der Waals surface area contributed by atoms with E-state index in [1.54, 1.807) is 22.9 Å². The van der Waals surface area contributed by atoms with Gasteiger partial charge in [0, 0.05) is 13.8 Å². The van der Waals surface area contributed by atoms with Crippen molar-refractivity contribution in [1.82, 2.24) is 10.3 Å². The Morgan fingerprint density at radius 2 is 2.22 bits per heavy atom. The smallest absolute Gasteiger partial charge is 0.252 e. The Labute approximate surface area is 126 Å². The number of aromatic nitrogens is 1. The first kappa shape index (κ1) is 13.7. The molecule has 3 nitrogen and oxygen atoms in total. The number of nitrogens with one attached hydrogen (secondary N) is 1. The van der Waals surface area contributed by atoms with Crippen molar-refractivity contribution in [2.75, 3.05) is 0 Å². The van der Waals surface area contributed by atoms with Gasteiger partial charge >= 0.3 is 0 Å². The second-order valence-corrected chi connectivity index (χ2v) is 6.38. The van der Waals surface area contributed by atoms with Gasteiger partial charge in [-0.25, -0.2) is 4.98 Å². The molecule has 0 aliphatic carbocycles. The van der Waals surface area contributed by atoms with Gasteiger partial charge in [-0.3, -0.25) is 4.79 Å². The van der Waals surface area contributed by atoms with Gasteiger partial charge in [0.1, 0.15) is 0 Å². The Bertz CT molecular complexity index is 583. The molecule has 1 aromatic carbocycles. The van der Waals surface area contributed by atoms with E-state index in [4.69, 9.17) is 0 Å². The number of halogens is 2. The molecule has 1 aromatic heterocycles. The summed E-state index contributed by atoms with van der Waals surface area (Å²) in [5.74, 6) is -0.101. The lowest BCUT2D eigenvalue weighted by molar-refractivity contribution is 0.0950. The predicted molar refractivity (Wildman–Crippen MR) is 79.9 cm³/mol. The van der Waals surface area contributed by atoms with Crippen molar-refractivity contribution in [2.24, 2.45) is 0 Å². The van der Waals surface area contributed by atoms with Crippen LogP contribution in [0.3, 0.4) is 0 Å². The van der Waals surface area contributed by atoms with Crippen molar-refractivity contribution in [3.8, 4) is 0 Å². The summed E-state index contributed by atoms with van der Waals surface area (Å²) >= 11 is 8.28. The third kappa shape index (κ3) is 3.18. The summed E-state index contributed by atoms with van der Waals surface area (Å²) in [5.41, 5.74) is 3.37. The molecule has 1 N–H and O–H groups in total. The molecule has 0 radical (unpaired) electrons. The number of amides is 1. The van der Waals surface area contributed by atoms with Gasteiger partial charge in [0.2, 0.25) is 0 Å². The summed E-state index contributed by atoms with van der Waals surface area (Å²) in [5, 5.41) is 2.89. The molecule has 94 valence electrons. The standard InChI is InChI=1S/C12H10Br2N2OS/c1-7-11(18-6-16-7)5-15-12(17)9-4-8(13)2-3-10(9)14/h2-4,6H,5H2,1H3,(H,15,17). The third-order valence-corrected chi connectivity index (χ3v) is 4.55. The normalized spacial score (nSPS) is 10.4. The highest BCUT2D eigenvalue weighted by Gasteiger charge is 2.11. The molecule has 18 heavy (non-hydrogen) atoms. The number of hydrogen-bond donors (Lipinski definition) is 1. The Kier molecular flexibility index (Phi) is 4.53. The maximum atomic E-state index is 12.0. The Hall–Kier alpha value is -0.720. The number of hydrogen-bond acceptors (Lipinski definition) is 3. The van der Waals surface area contributed by atoms with E-state index < -0.39 is 0 Å². The highest BCUT2D eigenvalue weighted by atomic mass is 79.9. The zero-order chi connectivity index (χ0) is 13.1. The zero-order valence-corrected chi connectivity index (χ0v) is 13.5. The van der Waals surface area contributed by atoms with Crippen molar-refractivity contribution >= 4 is 49.1 Å². The molecule has 0 bridgehead atoms. The summed E-state index contributed by atoms with van der Waals surface area (Å²) in [4.78, 5) is 17.3. The fourth-order valence-corrected chi connectivity index (χ4v) is 2.93. The van der Waals surface area contributed by atoms with Crippen LogP contribution in [-0.2, 0) is 6.54 Å². The fourth-order valence-electron chi connectivity index (χ4n) is 1.42. The maximum absolute atomic E-state index is 12.0. The highest BCUT2D eigenvalue weighted by molar-refractivity contribution is 9.11. The third-order valence-electron chi connectivity index (χ3n) is 2.43. The molecule has 0 fully saturated rings. The molecular weight excluding hydrogens is 380 g/mol. The van der Waals surface area contributed by atoms with Gasteiger partial charge in [0.15, 0.2) is 0 Å². The molecule has 1 amide bonds. The van der Waals surface area contributed by atoms with Crippen LogP contribution in [0, 0.1) is 6.92 Å². The molecule has 2 aromatic rings. The van der Waals surface area contributed by atoms with E-state index in [1.165, 1.54) is 0 Å². The number of benzene rings is 1. The van der Waals surface area contributed by atoms with E-state index in [0.717, 1.165) is 19.5 Å². The second kappa shape index (κ2) is 5.95. The fraction of sp³-hybridized carbons (Fsp3) is 0.167. The highest BCUT2D eigenvalue weighted by Crippen LogP contribution is 2.21. The Morgan fingerprint density at radius 1 is 1.44 bits per heavy atom. The second-order valence-electron chi connectivity index (χ2n) is 3.67. The number of thiazole rings is 1. The first-order valence-corrected chi connectivity index (χ1v) is 7.66. The zero-order valence-electron chi connectivity index (χ0n) is 9.54. The van der Waals surface area contributed by atoms with E-state index >= 15 is 0 Å². The van der Waals surface area contributed by atoms with Gasteiger partial charge in [-0.05, 0) is 41.1 Å². The summed E-state index contributed by atoms with van der Waals surface area (Å²) in [6.45, 7) is 2.45. The predicted octanol–water partition coefficient (Wildman–Crippen LogP) is 3.91. The summed E-state index contributed by atoms with van der Waals surface area (Å²) in [6.07, 6.45) is 0. The van der Waals surface area contributed by atoms with Crippen LogP contribution in [0.25, 0.3) is 0 Å². The lowest BCUT2D eigenvalue weighted by atomic mass is 10.2. The average Bonchev–Trinajstić information content (AvgIpc) is 2.75. The van der Waals surface area contributed by atoms with Gasteiger partial charge < -0.3 is 5.32 Å². The summed E-state index contributed by atoms with van der Waals surface area (Å²) in [6, 6.07) is 5.52. The van der Waals surface area contributed by atoms with E-state index in [2.05, 4.69) is 42.2 Å². The lowest BCUT2D eigenvalue weighted by Crippen LogP contribution is -2.23. The number of rotatable bonds is 3. The van der Waals surface area contributed by atoms with Gasteiger partial charge in [0.25, 0.3) is 5.91 Å². The van der Waals surface area contributed by atoms with Crippen LogP contribution in [0.1, 0.15) is 20.9 Å². The minimum Gasteiger partial charge on any atom is -0.347 e. The van der Waals surface area contributed by atoms with E-state index in [9.17, 15) is 4.79 Å². The molecule has 0 spiro atoms. The van der Waals surface area contributed by atoms with Crippen LogP contribution < -0.4 is 5.32 Å². The van der Waals surface area contributed by atoms with Crippen LogP contribution >= 0.6 is 43.2 Å². The molecule has 1 heterocycles. The van der Waals surface area contributed by atoms with Gasteiger partial charge in [-0.1, -0.05) is 15.9 Å². The SMILES string of the molecule is Cc1ncsc1CNC(=O)c1cc(Br)ccc1Br. The number of aryl methyl sites for hydroxylation is 1. The van der Waals surface area contributed by atoms with Crippen molar-refractivity contribution in [2.45, 2.75) is 13.5 Å². The largest absolute Gasteiger partial charge is 0.347 e. The monoisotopic (exact) mass is 388 g/mol. The van der Waals surface area contributed by atoms with Crippen LogP contribution in [0.2, 0.25) is 0 Å². The molecule has 0 unspecified atom stereocenters. The van der Waals surface area contributed by atoms with Crippen LogP contribution in [-0.4, -0.2) is 10.9 Å². The van der Waals surface area contributed by atoms with Gasteiger partial charge in [0.05, 0.1) is 23.3 Å². The Morgan fingerprint density at radius 3 is 2.89 bits per heavy atom. The topological polar surface area (TPSA) is 42.0 Å². The van der Waals surface area contributed by atoms with Crippen molar-refractivity contribution in [3.63, 3.8) is 0 Å². The van der Waals surface area contributed by atoms with Crippen LogP contribution in [0.15, 0.2) is 32.7 Å². The molecule has 0 aliphatic rings. The summed E-state index contributed by atoms with van der Waals surface area (Å²) < 4.78 is 1.66. The summed E-state index contributed by atoms with van der Waals surface area (Å²) in [7, 11) is 0. The molecule has 6 heteroatoms. The Balaban J connectivity index is 2.08. The van der Waals surface area contributed by atoms with Crippen LogP contribution in [0.4, 0.5) is 0 Å². The molecule has 0 saturated heterocycles. The van der Waals surface area contributed by atoms with E-state index in [0.29, 0.717) is 12.1 Å². The van der Waals surface area contributed by atoms with Crippen molar-refractivity contribution in [3.05, 3.63) is 48.8 Å². The van der Waals surface area contributed by atoms with Crippen LogP contribution in [0.5, 0.6) is 0 Å². The minimum atomic E-state index is -0.101. The quantitative estimate of drug-likeness (QED) is 0.864. The van der Waals surface area contributed by atoms with Crippen molar-refractivity contribution in [1.29, 1.82) is 0 Å². The number of nitrogens with zero attached hydrogens (tertiary/aromatic N) is 1. The maximum Gasteiger partial charge on any atom is 0.252 e.